The Bertz CT molecular complexity index is 1190. The molecule has 3 N–H and O–H groups in total. The van der Waals surface area contributed by atoms with Crippen LogP contribution in [-0.4, -0.2) is 47.4 Å². The Hall–Kier alpha value is -2.76. The molecule has 33 heavy (non-hydrogen) atoms. The summed E-state index contributed by atoms with van der Waals surface area (Å²) >= 11 is 0. The highest BCUT2D eigenvalue weighted by Gasteiger charge is 2.44. The Morgan fingerprint density at radius 2 is 2.03 bits per heavy atom. The van der Waals surface area contributed by atoms with Crippen LogP contribution in [0.5, 0.6) is 11.5 Å². The standard InChI is InChI=1S/C22H26FN5O4S/c23-22(9-2-1-3-19(22)33(24,29)30)26-20-13-17(6-10-25-20)32-18-14-28(16-4-5-16)27-21(18)15-7-11-31-12-8-15/h1-3,6,9-10,13-16,19H,4-5,7-8,11-12H2,(H,25,26)(H2,24,29,30). The van der Waals surface area contributed by atoms with E-state index in [2.05, 4.69) is 10.3 Å². The van der Waals surface area contributed by atoms with Crippen molar-refractivity contribution in [1.29, 1.82) is 0 Å². The van der Waals surface area contributed by atoms with Gasteiger partial charge in [-0.2, -0.15) is 5.10 Å². The van der Waals surface area contributed by atoms with Crippen LogP contribution < -0.4 is 15.2 Å². The highest BCUT2D eigenvalue weighted by atomic mass is 32.2. The number of anilines is 1. The van der Waals surface area contributed by atoms with Gasteiger partial charge in [0.1, 0.15) is 22.5 Å². The topological polar surface area (TPSA) is 121 Å². The summed E-state index contributed by atoms with van der Waals surface area (Å²) < 4.78 is 53.0. The zero-order chi connectivity index (χ0) is 23.1. The first-order valence-electron chi connectivity index (χ1n) is 11.0. The summed E-state index contributed by atoms with van der Waals surface area (Å²) in [4.78, 5) is 4.13. The molecule has 3 aliphatic rings. The molecule has 1 saturated heterocycles. The number of nitrogens with zero attached hydrogens (tertiary/aromatic N) is 3. The minimum absolute atomic E-state index is 0.116. The highest BCUT2D eigenvalue weighted by Crippen LogP contribution is 2.40. The number of nitrogens with one attached hydrogen (secondary N) is 1. The summed E-state index contributed by atoms with van der Waals surface area (Å²) in [5, 5.41) is 11.0. The number of aromatic nitrogens is 3. The van der Waals surface area contributed by atoms with Crippen molar-refractivity contribution in [2.75, 3.05) is 18.5 Å². The molecule has 2 aromatic heterocycles. The van der Waals surface area contributed by atoms with Crippen LogP contribution in [-0.2, 0) is 14.8 Å². The zero-order valence-corrected chi connectivity index (χ0v) is 18.7. The summed E-state index contributed by atoms with van der Waals surface area (Å²) in [5.41, 5.74) is 0.896. The average Bonchev–Trinajstić information content (AvgIpc) is 3.54. The number of halogens is 1. The quantitative estimate of drug-likeness (QED) is 0.590. The first kappa shape index (κ1) is 22.1. The van der Waals surface area contributed by atoms with Crippen molar-refractivity contribution in [1.82, 2.24) is 14.8 Å². The largest absolute Gasteiger partial charge is 0.454 e. The number of allylic oxidation sites excluding steroid dienone is 2. The number of rotatable bonds is 7. The maximum Gasteiger partial charge on any atom is 0.222 e. The van der Waals surface area contributed by atoms with Crippen molar-refractivity contribution in [3.05, 3.63) is 54.5 Å². The molecule has 11 heteroatoms. The van der Waals surface area contributed by atoms with E-state index < -0.39 is 21.1 Å². The van der Waals surface area contributed by atoms with Crippen LogP contribution in [0.25, 0.3) is 0 Å². The Labute approximate surface area is 191 Å². The van der Waals surface area contributed by atoms with Crippen LogP contribution in [0, 0.1) is 0 Å². The second kappa shape index (κ2) is 8.54. The number of hydrogen-bond donors (Lipinski definition) is 2. The van der Waals surface area contributed by atoms with Crippen LogP contribution in [0.1, 0.15) is 43.3 Å². The van der Waals surface area contributed by atoms with Gasteiger partial charge in [0.2, 0.25) is 15.8 Å². The van der Waals surface area contributed by atoms with Gasteiger partial charge in [0.05, 0.1) is 12.2 Å². The summed E-state index contributed by atoms with van der Waals surface area (Å²) in [6.07, 6.45) is 12.5. The normalized spacial score (nSPS) is 25.8. The number of primary sulfonamides is 1. The maximum atomic E-state index is 15.6. The van der Waals surface area contributed by atoms with Gasteiger partial charge in [-0.05, 0) is 37.8 Å². The first-order valence-corrected chi connectivity index (χ1v) is 12.6. The van der Waals surface area contributed by atoms with Gasteiger partial charge in [-0.1, -0.05) is 18.2 Å². The molecule has 2 aromatic rings. The van der Waals surface area contributed by atoms with Crippen molar-refractivity contribution in [2.24, 2.45) is 5.14 Å². The molecule has 1 saturated carbocycles. The molecule has 176 valence electrons. The fraction of sp³-hybridized carbons (Fsp3) is 0.455. The van der Waals surface area contributed by atoms with Gasteiger partial charge in [0.15, 0.2) is 5.75 Å². The molecule has 0 aromatic carbocycles. The van der Waals surface area contributed by atoms with E-state index >= 15 is 4.39 Å². The van der Waals surface area contributed by atoms with Crippen LogP contribution in [0.3, 0.4) is 0 Å². The molecule has 9 nitrogen and oxygen atoms in total. The van der Waals surface area contributed by atoms with Crippen LogP contribution in [0.15, 0.2) is 48.8 Å². The third kappa shape index (κ3) is 4.80. The number of sulfonamides is 1. The van der Waals surface area contributed by atoms with Gasteiger partial charge < -0.3 is 14.8 Å². The molecule has 0 bridgehead atoms. The van der Waals surface area contributed by atoms with Gasteiger partial charge >= 0.3 is 0 Å². The Morgan fingerprint density at radius 1 is 1.24 bits per heavy atom. The molecule has 0 spiro atoms. The highest BCUT2D eigenvalue weighted by molar-refractivity contribution is 7.90. The van der Waals surface area contributed by atoms with Gasteiger partial charge in [0, 0.05) is 31.4 Å². The summed E-state index contributed by atoms with van der Waals surface area (Å²) in [5.74, 6) is -0.994. The number of alkyl halides is 1. The van der Waals surface area contributed by atoms with Crippen molar-refractivity contribution in [3.8, 4) is 11.5 Å². The van der Waals surface area contributed by atoms with E-state index in [1.165, 1.54) is 30.5 Å². The Morgan fingerprint density at radius 3 is 2.76 bits per heavy atom. The molecule has 2 unspecified atom stereocenters. The van der Waals surface area contributed by atoms with Gasteiger partial charge in [0.25, 0.3) is 0 Å². The molecule has 3 heterocycles. The molecule has 0 radical (unpaired) electrons. The zero-order valence-electron chi connectivity index (χ0n) is 17.9. The fourth-order valence-corrected chi connectivity index (χ4v) is 5.10. The second-order valence-corrected chi connectivity index (χ2v) is 10.3. The lowest BCUT2D eigenvalue weighted by molar-refractivity contribution is 0.0839. The molecule has 1 aliphatic heterocycles. The SMILES string of the molecule is NS(=O)(=O)C1C=CC=CC1(F)Nc1cc(Oc2cn(C3CC3)nc2C2CCOCC2)ccn1. The predicted molar refractivity (Wildman–Crippen MR) is 120 cm³/mol. The summed E-state index contributed by atoms with van der Waals surface area (Å²) in [6, 6.07) is 3.59. The van der Waals surface area contributed by atoms with Crippen molar-refractivity contribution in [2.45, 2.75) is 48.7 Å². The second-order valence-electron chi connectivity index (χ2n) is 8.60. The van der Waals surface area contributed by atoms with Crippen molar-refractivity contribution < 1.29 is 22.3 Å². The van der Waals surface area contributed by atoms with E-state index in [1.54, 1.807) is 6.07 Å². The number of nitrogens with two attached hydrogens (primary N) is 1. The molecule has 2 atom stereocenters. The molecule has 0 amide bonds. The molecular formula is C22H26FN5O4S. The third-order valence-electron chi connectivity index (χ3n) is 6.04. The minimum Gasteiger partial charge on any atom is -0.454 e. The lowest BCUT2D eigenvalue weighted by Crippen LogP contribution is -2.50. The molecule has 2 fully saturated rings. The molecule has 5 rings (SSSR count). The summed E-state index contributed by atoms with van der Waals surface area (Å²) in [7, 11) is -4.19. The predicted octanol–water partition coefficient (Wildman–Crippen LogP) is 3.16. The van der Waals surface area contributed by atoms with E-state index in [-0.39, 0.29) is 11.7 Å². The van der Waals surface area contributed by atoms with Crippen LogP contribution in [0.2, 0.25) is 0 Å². The molecular weight excluding hydrogens is 449 g/mol. The lowest BCUT2D eigenvalue weighted by Gasteiger charge is -2.30. The smallest absolute Gasteiger partial charge is 0.222 e. The Kier molecular flexibility index (Phi) is 5.71. The number of pyridine rings is 1. The Balaban J connectivity index is 1.39. The van der Waals surface area contributed by atoms with Gasteiger partial charge in [-0.15, -0.1) is 0 Å². The van der Waals surface area contributed by atoms with Crippen molar-refractivity contribution in [3.63, 3.8) is 0 Å². The number of ether oxygens (including phenoxy) is 2. The van der Waals surface area contributed by atoms with E-state index in [9.17, 15) is 8.42 Å². The van der Waals surface area contributed by atoms with Gasteiger partial charge in [-0.3, -0.25) is 4.68 Å². The van der Waals surface area contributed by atoms with E-state index in [0.717, 1.165) is 37.5 Å². The van der Waals surface area contributed by atoms with Crippen molar-refractivity contribution >= 4 is 15.8 Å². The van der Waals surface area contributed by atoms with E-state index in [4.69, 9.17) is 19.7 Å². The van der Waals surface area contributed by atoms with E-state index in [0.29, 0.717) is 30.8 Å². The van der Waals surface area contributed by atoms with Crippen LogP contribution in [0.4, 0.5) is 10.2 Å². The summed E-state index contributed by atoms with van der Waals surface area (Å²) in [6.45, 7) is 1.38. The third-order valence-corrected chi connectivity index (χ3v) is 7.24. The lowest BCUT2D eigenvalue weighted by atomic mass is 9.96. The molecule has 2 aliphatic carbocycles. The maximum absolute atomic E-state index is 15.6. The average molecular weight is 476 g/mol. The first-order chi connectivity index (χ1) is 15.8. The minimum atomic E-state index is -4.19. The van der Waals surface area contributed by atoms with Crippen LogP contribution >= 0.6 is 0 Å². The van der Waals surface area contributed by atoms with Gasteiger partial charge in [-0.25, -0.2) is 22.9 Å². The fourth-order valence-electron chi connectivity index (χ4n) is 4.17. The van der Waals surface area contributed by atoms with E-state index in [1.807, 2.05) is 10.9 Å². The number of hydrogen-bond acceptors (Lipinski definition) is 7. The monoisotopic (exact) mass is 475 g/mol.